The Morgan fingerprint density at radius 2 is 1.52 bits per heavy atom. The molecule has 0 aliphatic rings. The Bertz CT molecular complexity index is 995. The van der Waals surface area contributed by atoms with Gasteiger partial charge in [-0.25, -0.2) is 0 Å². The lowest BCUT2D eigenvalue weighted by Gasteiger charge is -2.07. The van der Waals surface area contributed by atoms with Crippen molar-refractivity contribution in [1.82, 2.24) is 25.6 Å². The van der Waals surface area contributed by atoms with Crippen LogP contribution in [0.5, 0.6) is 5.75 Å². The summed E-state index contributed by atoms with van der Waals surface area (Å²) < 4.78 is 5.84. The lowest BCUT2D eigenvalue weighted by atomic mass is 10.1. The number of aromatic amines is 1. The van der Waals surface area contributed by atoms with Crippen molar-refractivity contribution in [2.45, 2.75) is 6.61 Å². The third kappa shape index (κ3) is 4.43. The second-order valence-electron chi connectivity index (χ2n) is 5.90. The maximum absolute atomic E-state index is 5.84. The number of rotatable bonds is 6. The number of hydrogen-bond acceptors (Lipinski definition) is 5. The zero-order valence-corrected chi connectivity index (χ0v) is 14.5. The van der Waals surface area contributed by atoms with Crippen molar-refractivity contribution in [2.24, 2.45) is 0 Å². The standard InChI is InChI=1S/C21H17N5O/c1(2-17-11-13-22-14-12-17)16-3-5-18(6-4-16)15-27-20-9-7-19(8-10-20)21-23-25-26-24-21/h1-14H,15H2,(H,23,24,25,26). The monoisotopic (exact) mass is 355 g/mol. The van der Waals surface area contributed by atoms with E-state index in [0.29, 0.717) is 12.4 Å². The molecule has 4 rings (SSSR count). The molecule has 0 amide bonds. The predicted molar refractivity (Wildman–Crippen MR) is 104 cm³/mol. The summed E-state index contributed by atoms with van der Waals surface area (Å²) in [7, 11) is 0. The molecule has 27 heavy (non-hydrogen) atoms. The second kappa shape index (κ2) is 8.05. The molecule has 0 aliphatic carbocycles. The Morgan fingerprint density at radius 3 is 2.19 bits per heavy atom. The van der Waals surface area contributed by atoms with E-state index < -0.39 is 0 Å². The van der Waals surface area contributed by atoms with Gasteiger partial charge < -0.3 is 4.74 Å². The predicted octanol–water partition coefficient (Wildman–Crippen LogP) is 4.01. The fourth-order valence-electron chi connectivity index (χ4n) is 2.54. The smallest absolute Gasteiger partial charge is 0.204 e. The van der Waals surface area contributed by atoms with Gasteiger partial charge in [-0.05, 0) is 58.3 Å². The van der Waals surface area contributed by atoms with Crippen LogP contribution in [0, 0.1) is 0 Å². The van der Waals surface area contributed by atoms with E-state index in [1.807, 2.05) is 36.4 Å². The number of benzene rings is 2. The highest BCUT2D eigenvalue weighted by Crippen LogP contribution is 2.19. The van der Waals surface area contributed by atoms with E-state index in [1.54, 1.807) is 12.4 Å². The first-order valence-electron chi connectivity index (χ1n) is 8.50. The molecular weight excluding hydrogens is 338 g/mol. The van der Waals surface area contributed by atoms with E-state index in [4.69, 9.17) is 4.74 Å². The van der Waals surface area contributed by atoms with E-state index in [-0.39, 0.29) is 0 Å². The number of H-pyrrole nitrogens is 1. The molecular formula is C21H17N5O. The molecule has 0 spiro atoms. The third-order valence-corrected chi connectivity index (χ3v) is 4.02. The number of aromatic nitrogens is 5. The summed E-state index contributed by atoms with van der Waals surface area (Å²) in [6.45, 7) is 0.510. The van der Waals surface area contributed by atoms with Crippen LogP contribution in [0.25, 0.3) is 23.5 Å². The van der Waals surface area contributed by atoms with Crippen molar-refractivity contribution in [1.29, 1.82) is 0 Å². The molecule has 1 N–H and O–H groups in total. The molecule has 2 heterocycles. The molecule has 0 atom stereocenters. The highest BCUT2D eigenvalue weighted by atomic mass is 16.5. The Kier molecular flexibility index (Phi) is 4.97. The number of ether oxygens (including phenoxy) is 1. The Balaban J connectivity index is 1.34. The maximum atomic E-state index is 5.84. The van der Waals surface area contributed by atoms with Crippen molar-refractivity contribution in [3.63, 3.8) is 0 Å². The average Bonchev–Trinajstić information content (AvgIpc) is 3.28. The van der Waals surface area contributed by atoms with E-state index >= 15 is 0 Å². The summed E-state index contributed by atoms with van der Waals surface area (Å²) in [5.41, 5.74) is 4.27. The van der Waals surface area contributed by atoms with Crippen LogP contribution in [-0.4, -0.2) is 25.6 Å². The Hall–Kier alpha value is -3.80. The van der Waals surface area contributed by atoms with Gasteiger partial charge in [-0.15, -0.1) is 10.2 Å². The van der Waals surface area contributed by atoms with Gasteiger partial charge in [0.25, 0.3) is 0 Å². The quantitative estimate of drug-likeness (QED) is 0.565. The van der Waals surface area contributed by atoms with Gasteiger partial charge in [-0.2, -0.15) is 5.21 Å². The van der Waals surface area contributed by atoms with Gasteiger partial charge in [0.2, 0.25) is 5.82 Å². The number of hydrogen-bond donors (Lipinski definition) is 1. The molecule has 132 valence electrons. The summed E-state index contributed by atoms with van der Waals surface area (Å²) in [6, 6.07) is 19.9. The van der Waals surface area contributed by atoms with Crippen molar-refractivity contribution in [3.8, 4) is 17.1 Å². The minimum Gasteiger partial charge on any atom is -0.489 e. The molecule has 4 aromatic rings. The highest BCUT2D eigenvalue weighted by molar-refractivity contribution is 5.69. The topological polar surface area (TPSA) is 76.6 Å². The fraction of sp³-hybridized carbons (Fsp3) is 0.0476. The largest absolute Gasteiger partial charge is 0.489 e. The van der Waals surface area contributed by atoms with Crippen LogP contribution in [0.2, 0.25) is 0 Å². The molecule has 0 bridgehead atoms. The molecule has 0 radical (unpaired) electrons. The van der Waals surface area contributed by atoms with Crippen LogP contribution in [0.15, 0.2) is 73.1 Å². The van der Waals surface area contributed by atoms with Crippen LogP contribution >= 0.6 is 0 Å². The maximum Gasteiger partial charge on any atom is 0.204 e. The van der Waals surface area contributed by atoms with Crippen LogP contribution in [0.3, 0.4) is 0 Å². The SMILES string of the molecule is C(=Cc1ccc(COc2ccc(-c3nn[nH]n3)cc2)cc1)c1ccncc1. The minimum absolute atomic E-state index is 0.510. The number of nitrogens with one attached hydrogen (secondary N) is 1. The zero-order valence-electron chi connectivity index (χ0n) is 14.5. The van der Waals surface area contributed by atoms with Gasteiger partial charge in [-0.1, -0.05) is 36.4 Å². The van der Waals surface area contributed by atoms with Gasteiger partial charge in [-0.3, -0.25) is 4.98 Å². The van der Waals surface area contributed by atoms with Gasteiger partial charge >= 0.3 is 0 Å². The zero-order chi connectivity index (χ0) is 18.3. The second-order valence-corrected chi connectivity index (χ2v) is 5.90. The first kappa shape index (κ1) is 16.7. The lowest BCUT2D eigenvalue weighted by molar-refractivity contribution is 0.306. The summed E-state index contributed by atoms with van der Waals surface area (Å²) >= 11 is 0. The Morgan fingerprint density at radius 1 is 0.815 bits per heavy atom. The molecule has 2 aromatic heterocycles. The van der Waals surface area contributed by atoms with Crippen LogP contribution in [0.4, 0.5) is 0 Å². The number of nitrogens with zero attached hydrogens (tertiary/aromatic N) is 4. The summed E-state index contributed by atoms with van der Waals surface area (Å²) in [6.07, 6.45) is 7.72. The molecule has 2 aromatic carbocycles. The lowest BCUT2D eigenvalue weighted by Crippen LogP contribution is -1.95. The average molecular weight is 355 g/mol. The van der Waals surface area contributed by atoms with Gasteiger partial charge in [0.05, 0.1) is 0 Å². The number of pyridine rings is 1. The molecule has 0 unspecified atom stereocenters. The van der Waals surface area contributed by atoms with Crippen LogP contribution in [-0.2, 0) is 6.61 Å². The minimum atomic E-state index is 0.510. The molecule has 0 saturated carbocycles. The molecule has 0 aliphatic heterocycles. The molecule has 6 nitrogen and oxygen atoms in total. The van der Waals surface area contributed by atoms with Gasteiger partial charge in [0.1, 0.15) is 12.4 Å². The van der Waals surface area contributed by atoms with Crippen LogP contribution in [0.1, 0.15) is 16.7 Å². The third-order valence-electron chi connectivity index (χ3n) is 4.02. The molecule has 0 fully saturated rings. The summed E-state index contributed by atoms with van der Waals surface area (Å²) in [5.74, 6) is 1.36. The van der Waals surface area contributed by atoms with E-state index in [2.05, 4.69) is 62.0 Å². The van der Waals surface area contributed by atoms with Crippen molar-refractivity contribution in [2.75, 3.05) is 0 Å². The fourth-order valence-corrected chi connectivity index (χ4v) is 2.54. The first-order valence-corrected chi connectivity index (χ1v) is 8.50. The molecule has 6 heteroatoms. The summed E-state index contributed by atoms with van der Waals surface area (Å²) in [5, 5.41) is 13.9. The number of tetrazole rings is 1. The van der Waals surface area contributed by atoms with Crippen LogP contribution < -0.4 is 4.74 Å². The van der Waals surface area contributed by atoms with Crippen molar-refractivity contribution < 1.29 is 4.74 Å². The highest BCUT2D eigenvalue weighted by Gasteiger charge is 2.03. The van der Waals surface area contributed by atoms with E-state index in [0.717, 1.165) is 28.0 Å². The van der Waals surface area contributed by atoms with Gasteiger partial charge in [0, 0.05) is 18.0 Å². The Labute approximate surface area is 156 Å². The summed E-state index contributed by atoms with van der Waals surface area (Å²) in [4.78, 5) is 4.02. The van der Waals surface area contributed by atoms with Crippen molar-refractivity contribution >= 4 is 12.2 Å². The first-order chi connectivity index (χ1) is 13.4. The van der Waals surface area contributed by atoms with Gasteiger partial charge in [0.15, 0.2) is 0 Å². The van der Waals surface area contributed by atoms with E-state index in [1.165, 1.54) is 0 Å². The molecule has 0 saturated heterocycles. The normalized spacial score (nSPS) is 11.0. The van der Waals surface area contributed by atoms with Crippen molar-refractivity contribution in [3.05, 3.63) is 89.7 Å². The van der Waals surface area contributed by atoms with E-state index in [9.17, 15) is 0 Å².